The van der Waals surface area contributed by atoms with Gasteiger partial charge in [-0.3, -0.25) is 4.79 Å². The molecule has 27 heavy (non-hydrogen) atoms. The zero-order valence-electron chi connectivity index (χ0n) is 15.1. The first-order valence-electron chi connectivity index (χ1n) is 8.50. The predicted molar refractivity (Wildman–Crippen MR) is 110 cm³/mol. The maximum atomic E-state index is 12.7. The maximum Gasteiger partial charge on any atom is 0.271 e. The van der Waals surface area contributed by atoms with Crippen LogP contribution in [0.5, 0.6) is 0 Å². The van der Waals surface area contributed by atoms with E-state index in [0.717, 1.165) is 11.1 Å². The third-order valence-electron chi connectivity index (χ3n) is 4.54. The van der Waals surface area contributed by atoms with Gasteiger partial charge in [0.15, 0.2) is 10.9 Å². The van der Waals surface area contributed by atoms with Crippen LogP contribution in [0.2, 0.25) is 5.02 Å². The molecule has 1 aromatic heterocycles. The van der Waals surface area contributed by atoms with Crippen LogP contribution in [-0.2, 0) is 5.41 Å². The van der Waals surface area contributed by atoms with Crippen molar-refractivity contribution in [2.75, 3.05) is 12.8 Å². The Morgan fingerprint density at radius 2 is 1.63 bits per heavy atom. The van der Waals surface area contributed by atoms with Crippen molar-refractivity contribution in [3.05, 3.63) is 88.7 Å². The van der Waals surface area contributed by atoms with E-state index >= 15 is 0 Å². The molecule has 4 nitrogen and oxygen atoms in total. The Bertz CT molecular complexity index is 880. The van der Waals surface area contributed by atoms with E-state index in [1.54, 1.807) is 0 Å². The molecule has 6 heteroatoms. The molecular formula is C21H20ClN3OS. The molecule has 0 saturated heterocycles. The van der Waals surface area contributed by atoms with Crippen molar-refractivity contribution in [2.45, 2.75) is 17.5 Å². The molecule has 3 aromatic rings. The number of thioether (sulfide) groups is 1. The molecule has 0 fully saturated rings. The quantitative estimate of drug-likeness (QED) is 0.488. The van der Waals surface area contributed by atoms with E-state index in [9.17, 15) is 4.79 Å². The first kappa shape index (κ1) is 19.4. The molecule has 1 N–H and O–H groups in total. The molecule has 0 atom stereocenters. The largest absolute Gasteiger partial charge is 0.349 e. The monoisotopic (exact) mass is 397 g/mol. The number of carbonyl (C=O) groups excluding carboxylic acids is 1. The van der Waals surface area contributed by atoms with Crippen molar-refractivity contribution in [3.63, 3.8) is 0 Å². The van der Waals surface area contributed by atoms with Gasteiger partial charge in [0.25, 0.3) is 5.91 Å². The molecule has 2 aromatic carbocycles. The molecule has 3 rings (SSSR count). The van der Waals surface area contributed by atoms with Gasteiger partial charge in [-0.05, 0) is 24.3 Å². The summed E-state index contributed by atoms with van der Waals surface area (Å²) in [6, 6.07) is 20.3. The third-order valence-corrected chi connectivity index (χ3v) is 5.38. The number of hydrogen-bond donors (Lipinski definition) is 1. The molecule has 138 valence electrons. The Morgan fingerprint density at radius 1 is 1.07 bits per heavy atom. The first-order valence-corrected chi connectivity index (χ1v) is 10.1. The van der Waals surface area contributed by atoms with Gasteiger partial charge in [-0.25, -0.2) is 9.97 Å². The van der Waals surface area contributed by atoms with Gasteiger partial charge in [-0.15, -0.1) is 0 Å². The van der Waals surface area contributed by atoms with E-state index in [1.165, 1.54) is 18.0 Å². The van der Waals surface area contributed by atoms with Gasteiger partial charge in [0.2, 0.25) is 0 Å². The van der Waals surface area contributed by atoms with Gasteiger partial charge in [-0.1, -0.05) is 84.0 Å². The zero-order chi connectivity index (χ0) is 19.3. The summed E-state index contributed by atoms with van der Waals surface area (Å²) in [5, 5.41) is 3.76. The number of nitrogens with zero attached hydrogens (tertiary/aromatic N) is 2. The van der Waals surface area contributed by atoms with E-state index < -0.39 is 0 Å². The highest BCUT2D eigenvalue weighted by Gasteiger charge is 2.30. The van der Waals surface area contributed by atoms with Crippen LogP contribution >= 0.6 is 23.4 Å². The molecule has 0 aliphatic carbocycles. The van der Waals surface area contributed by atoms with Crippen LogP contribution in [0.3, 0.4) is 0 Å². The van der Waals surface area contributed by atoms with Crippen LogP contribution < -0.4 is 5.32 Å². The second-order valence-electron chi connectivity index (χ2n) is 6.30. The van der Waals surface area contributed by atoms with Crippen LogP contribution in [-0.4, -0.2) is 28.7 Å². The summed E-state index contributed by atoms with van der Waals surface area (Å²) in [5.74, 6) is -0.309. The van der Waals surface area contributed by atoms with Crippen LogP contribution in [0.15, 0.2) is 72.0 Å². The number of aromatic nitrogens is 2. The van der Waals surface area contributed by atoms with Gasteiger partial charge in [-0.2, -0.15) is 0 Å². The minimum atomic E-state index is -0.389. The van der Waals surface area contributed by atoms with Crippen molar-refractivity contribution in [3.8, 4) is 0 Å². The van der Waals surface area contributed by atoms with E-state index in [0.29, 0.717) is 11.7 Å². The number of halogens is 1. The highest BCUT2D eigenvalue weighted by molar-refractivity contribution is 7.98. The second-order valence-corrected chi connectivity index (χ2v) is 7.48. The van der Waals surface area contributed by atoms with Crippen molar-refractivity contribution in [2.24, 2.45) is 0 Å². The van der Waals surface area contributed by atoms with E-state index in [-0.39, 0.29) is 22.0 Å². The molecule has 0 saturated carbocycles. The first-order chi connectivity index (χ1) is 13.0. The molecule has 0 unspecified atom stereocenters. The lowest BCUT2D eigenvalue weighted by Gasteiger charge is -2.31. The van der Waals surface area contributed by atoms with Crippen LogP contribution in [0.1, 0.15) is 28.5 Å². The van der Waals surface area contributed by atoms with E-state index in [4.69, 9.17) is 11.6 Å². The summed E-state index contributed by atoms with van der Waals surface area (Å²) in [4.78, 5) is 21.1. The predicted octanol–water partition coefficient (Wildman–Crippen LogP) is 4.59. The fourth-order valence-electron chi connectivity index (χ4n) is 2.93. The SMILES string of the molecule is CSc1ncc(Cl)c(C(=O)NCC(C)(c2ccccc2)c2ccccc2)n1. The Labute approximate surface area is 168 Å². The number of rotatable bonds is 6. The fraction of sp³-hybridized carbons (Fsp3) is 0.190. The van der Waals surface area contributed by atoms with Crippen molar-refractivity contribution >= 4 is 29.3 Å². The summed E-state index contributed by atoms with van der Waals surface area (Å²) in [7, 11) is 0. The van der Waals surface area contributed by atoms with E-state index in [2.05, 4.69) is 46.5 Å². The minimum absolute atomic E-state index is 0.194. The van der Waals surface area contributed by atoms with E-state index in [1.807, 2.05) is 42.7 Å². The standard InChI is InChI=1S/C21H20ClN3OS/c1-21(15-9-5-3-6-10-15,16-11-7-4-8-12-16)14-24-19(26)18-17(22)13-23-20(25-18)27-2/h3-13H,14H2,1-2H3,(H,24,26). The topological polar surface area (TPSA) is 54.9 Å². The Morgan fingerprint density at radius 3 is 2.15 bits per heavy atom. The lowest BCUT2D eigenvalue weighted by Crippen LogP contribution is -2.40. The van der Waals surface area contributed by atoms with Gasteiger partial charge >= 0.3 is 0 Å². The van der Waals surface area contributed by atoms with Gasteiger partial charge in [0.1, 0.15) is 0 Å². The third kappa shape index (κ3) is 4.31. The number of hydrogen-bond acceptors (Lipinski definition) is 4. The van der Waals surface area contributed by atoms with Gasteiger partial charge in [0, 0.05) is 12.0 Å². The van der Waals surface area contributed by atoms with Crippen molar-refractivity contribution in [1.82, 2.24) is 15.3 Å². The molecule has 1 amide bonds. The lowest BCUT2D eigenvalue weighted by molar-refractivity contribution is 0.0941. The molecule has 0 radical (unpaired) electrons. The van der Waals surface area contributed by atoms with Crippen LogP contribution in [0.25, 0.3) is 0 Å². The second kappa shape index (κ2) is 8.55. The smallest absolute Gasteiger partial charge is 0.271 e. The summed E-state index contributed by atoms with van der Waals surface area (Å²) in [6.07, 6.45) is 3.32. The maximum absolute atomic E-state index is 12.7. The summed E-state index contributed by atoms with van der Waals surface area (Å²) < 4.78 is 0. The van der Waals surface area contributed by atoms with Gasteiger partial charge in [0.05, 0.1) is 11.2 Å². The molecule has 0 spiro atoms. The number of nitrogens with one attached hydrogen (secondary N) is 1. The average molecular weight is 398 g/mol. The van der Waals surface area contributed by atoms with Crippen molar-refractivity contribution in [1.29, 1.82) is 0 Å². The zero-order valence-corrected chi connectivity index (χ0v) is 16.7. The number of amides is 1. The molecule has 0 aliphatic rings. The normalized spacial score (nSPS) is 11.2. The highest BCUT2D eigenvalue weighted by Crippen LogP contribution is 2.31. The molecule has 1 heterocycles. The summed E-state index contributed by atoms with van der Waals surface area (Å²) >= 11 is 7.50. The minimum Gasteiger partial charge on any atom is -0.349 e. The Kier molecular flexibility index (Phi) is 6.14. The number of carbonyl (C=O) groups is 1. The van der Waals surface area contributed by atoms with Crippen molar-refractivity contribution < 1.29 is 4.79 Å². The summed E-state index contributed by atoms with van der Waals surface area (Å²) in [5.41, 5.74) is 2.05. The fourth-order valence-corrected chi connectivity index (χ4v) is 3.45. The molecule has 0 bridgehead atoms. The summed E-state index contributed by atoms with van der Waals surface area (Å²) in [6.45, 7) is 2.53. The van der Waals surface area contributed by atoms with Crippen LogP contribution in [0, 0.1) is 0 Å². The molecule has 0 aliphatic heterocycles. The Hall–Kier alpha value is -2.37. The highest BCUT2D eigenvalue weighted by atomic mass is 35.5. The van der Waals surface area contributed by atoms with Gasteiger partial charge < -0.3 is 5.32 Å². The lowest BCUT2D eigenvalue weighted by atomic mass is 9.76. The molecular weight excluding hydrogens is 378 g/mol. The average Bonchev–Trinajstić information content (AvgIpc) is 2.73. The van der Waals surface area contributed by atoms with Crippen LogP contribution in [0.4, 0.5) is 0 Å². The Balaban J connectivity index is 1.89. The number of benzene rings is 2.